The van der Waals surface area contributed by atoms with Crippen molar-refractivity contribution >= 4 is 5.95 Å². The lowest BCUT2D eigenvalue weighted by Crippen LogP contribution is -2.14. The number of nitrogens with zero attached hydrogens (tertiary/aromatic N) is 3. The summed E-state index contributed by atoms with van der Waals surface area (Å²) in [6, 6.07) is -0.108. The van der Waals surface area contributed by atoms with Crippen molar-refractivity contribution in [3.63, 3.8) is 0 Å². The zero-order valence-electron chi connectivity index (χ0n) is 8.36. The second-order valence-electron chi connectivity index (χ2n) is 3.69. The summed E-state index contributed by atoms with van der Waals surface area (Å²) in [7, 11) is 1.76. The topological polar surface area (TPSA) is 82.7 Å². The lowest BCUT2D eigenvalue weighted by atomic mass is 10.0. The largest absolute Gasteiger partial charge is 0.368 e. The van der Waals surface area contributed by atoms with Crippen molar-refractivity contribution in [2.24, 2.45) is 18.7 Å². The van der Waals surface area contributed by atoms with Gasteiger partial charge in [-0.05, 0) is 12.3 Å². The highest BCUT2D eigenvalue weighted by atomic mass is 15.4. The van der Waals surface area contributed by atoms with Gasteiger partial charge in [-0.1, -0.05) is 13.8 Å². The van der Waals surface area contributed by atoms with Crippen LogP contribution >= 0.6 is 0 Å². The van der Waals surface area contributed by atoms with E-state index in [1.807, 2.05) is 0 Å². The average molecular weight is 183 g/mol. The van der Waals surface area contributed by atoms with Crippen LogP contribution < -0.4 is 11.5 Å². The first kappa shape index (κ1) is 9.98. The third-order valence-electron chi connectivity index (χ3n) is 1.87. The van der Waals surface area contributed by atoms with Crippen molar-refractivity contribution < 1.29 is 0 Å². The maximum Gasteiger partial charge on any atom is 0.218 e. The van der Waals surface area contributed by atoms with Gasteiger partial charge in [0.05, 0.1) is 6.04 Å². The summed E-state index contributed by atoms with van der Waals surface area (Å²) in [5.74, 6) is 1.59. The first-order valence-corrected chi connectivity index (χ1v) is 4.42. The van der Waals surface area contributed by atoms with Gasteiger partial charge in [0.2, 0.25) is 5.95 Å². The van der Waals surface area contributed by atoms with E-state index in [1.54, 1.807) is 7.05 Å². The molecule has 1 heterocycles. The van der Waals surface area contributed by atoms with Crippen LogP contribution in [0.2, 0.25) is 0 Å². The molecule has 1 aromatic rings. The Morgan fingerprint density at radius 3 is 2.46 bits per heavy atom. The summed E-state index contributed by atoms with van der Waals surface area (Å²) in [5.41, 5.74) is 11.4. The van der Waals surface area contributed by atoms with E-state index in [0.29, 0.717) is 17.7 Å². The predicted octanol–water partition coefficient (Wildman–Crippen LogP) is 0.443. The Morgan fingerprint density at radius 1 is 1.46 bits per heavy atom. The molecule has 5 nitrogen and oxygen atoms in total. The van der Waals surface area contributed by atoms with Crippen molar-refractivity contribution in [1.82, 2.24) is 14.8 Å². The molecule has 0 saturated heterocycles. The van der Waals surface area contributed by atoms with E-state index in [9.17, 15) is 0 Å². The van der Waals surface area contributed by atoms with Crippen LogP contribution in [-0.2, 0) is 7.05 Å². The summed E-state index contributed by atoms with van der Waals surface area (Å²) in [6.45, 7) is 4.23. The van der Waals surface area contributed by atoms with E-state index in [-0.39, 0.29) is 6.04 Å². The number of aryl methyl sites for hydroxylation is 1. The van der Waals surface area contributed by atoms with Crippen molar-refractivity contribution in [3.05, 3.63) is 5.82 Å². The Balaban J connectivity index is 2.71. The molecule has 0 aliphatic carbocycles. The molecule has 0 aromatic carbocycles. The van der Waals surface area contributed by atoms with Crippen LogP contribution in [0.5, 0.6) is 0 Å². The molecule has 0 fully saturated rings. The van der Waals surface area contributed by atoms with Gasteiger partial charge in [-0.3, -0.25) is 0 Å². The average Bonchev–Trinajstić information content (AvgIpc) is 2.31. The molecule has 0 spiro atoms. The number of hydrogen-bond donors (Lipinski definition) is 2. The Morgan fingerprint density at radius 2 is 2.08 bits per heavy atom. The van der Waals surface area contributed by atoms with Gasteiger partial charge in [0.1, 0.15) is 0 Å². The fourth-order valence-electron chi connectivity index (χ4n) is 1.19. The second-order valence-corrected chi connectivity index (χ2v) is 3.69. The number of anilines is 1. The summed E-state index contributed by atoms with van der Waals surface area (Å²) in [5, 5.41) is 4.12. The lowest BCUT2D eigenvalue weighted by Gasteiger charge is -2.09. The Kier molecular flexibility index (Phi) is 2.87. The molecule has 0 unspecified atom stereocenters. The number of nitrogens with two attached hydrogens (primary N) is 2. The van der Waals surface area contributed by atoms with Crippen molar-refractivity contribution in [1.29, 1.82) is 0 Å². The highest BCUT2D eigenvalue weighted by Gasteiger charge is 2.14. The van der Waals surface area contributed by atoms with E-state index < -0.39 is 0 Å². The molecule has 0 amide bonds. The highest BCUT2D eigenvalue weighted by Crippen LogP contribution is 2.15. The van der Waals surface area contributed by atoms with Gasteiger partial charge < -0.3 is 11.5 Å². The van der Waals surface area contributed by atoms with Crippen molar-refractivity contribution in [3.8, 4) is 0 Å². The van der Waals surface area contributed by atoms with Gasteiger partial charge in [-0.25, -0.2) is 4.68 Å². The van der Waals surface area contributed by atoms with E-state index in [4.69, 9.17) is 11.5 Å². The molecule has 74 valence electrons. The molecule has 0 aliphatic heterocycles. The van der Waals surface area contributed by atoms with E-state index in [2.05, 4.69) is 23.9 Å². The summed E-state index contributed by atoms with van der Waals surface area (Å²) < 4.78 is 1.54. The molecule has 1 atom stereocenters. The number of aromatic nitrogens is 3. The fourth-order valence-corrected chi connectivity index (χ4v) is 1.19. The van der Waals surface area contributed by atoms with Gasteiger partial charge in [-0.2, -0.15) is 10.1 Å². The monoisotopic (exact) mass is 183 g/mol. The second kappa shape index (κ2) is 3.74. The molecule has 4 N–H and O–H groups in total. The van der Waals surface area contributed by atoms with E-state index >= 15 is 0 Å². The first-order chi connectivity index (χ1) is 6.00. The number of hydrogen-bond acceptors (Lipinski definition) is 4. The fraction of sp³-hybridized carbons (Fsp3) is 0.750. The molecule has 1 rings (SSSR count). The van der Waals surface area contributed by atoms with E-state index in [0.717, 1.165) is 6.42 Å². The SMILES string of the molecule is CC(C)C[C@H](N)c1nc(N)n(C)n1. The van der Waals surface area contributed by atoms with Crippen LogP contribution in [0.3, 0.4) is 0 Å². The Labute approximate surface area is 78.1 Å². The van der Waals surface area contributed by atoms with E-state index in [1.165, 1.54) is 4.68 Å². The van der Waals surface area contributed by atoms with Gasteiger partial charge >= 0.3 is 0 Å². The maximum atomic E-state index is 5.88. The van der Waals surface area contributed by atoms with Gasteiger partial charge in [0, 0.05) is 7.05 Å². The molecule has 5 heteroatoms. The zero-order chi connectivity index (χ0) is 10.0. The van der Waals surface area contributed by atoms with Gasteiger partial charge in [-0.15, -0.1) is 0 Å². The van der Waals surface area contributed by atoms with Crippen molar-refractivity contribution in [2.75, 3.05) is 5.73 Å². The standard InChI is InChI=1S/C8H17N5/c1-5(2)4-6(9)7-11-8(10)13(3)12-7/h5-6H,4,9H2,1-3H3,(H2,10,11,12)/t6-/m0/s1. The Bertz CT molecular complexity index is 259. The first-order valence-electron chi connectivity index (χ1n) is 4.42. The molecule has 0 saturated carbocycles. The molecule has 0 radical (unpaired) electrons. The van der Waals surface area contributed by atoms with Gasteiger partial charge in [0.15, 0.2) is 5.82 Å². The quantitative estimate of drug-likeness (QED) is 0.712. The normalized spacial score (nSPS) is 13.6. The zero-order valence-corrected chi connectivity index (χ0v) is 8.36. The van der Waals surface area contributed by atoms with Crippen LogP contribution in [0, 0.1) is 5.92 Å². The van der Waals surface area contributed by atoms with Crippen LogP contribution in [0.25, 0.3) is 0 Å². The number of nitrogen functional groups attached to an aromatic ring is 1. The third-order valence-corrected chi connectivity index (χ3v) is 1.87. The predicted molar refractivity (Wildman–Crippen MR) is 51.8 cm³/mol. The molecule has 0 bridgehead atoms. The van der Waals surface area contributed by atoms with Crippen molar-refractivity contribution in [2.45, 2.75) is 26.3 Å². The summed E-state index contributed by atoms with van der Waals surface area (Å²) in [6.07, 6.45) is 0.878. The van der Waals surface area contributed by atoms with Crippen LogP contribution in [0.1, 0.15) is 32.1 Å². The lowest BCUT2D eigenvalue weighted by molar-refractivity contribution is 0.491. The molecule has 1 aromatic heterocycles. The molecule has 0 aliphatic rings. The highest BCUT2D eigenvalue weighted by molar-refractivity contribution is 5.16. The molecular formula is C8H17N5. The maximum absolute atomic E-state index is 5.88. The minimum absolute atomic E-state index is 0.108. The summed E-state index contributed by atoms with van der Waals surface area (Å²) in [4.78, 5) is 4.07. The van der Waals surface area contributed by atoms with Crippen LogP contribution in [-0.4, -0.2) is 14.8 Å². The minimum Gasteiger partial charge on any atom is -0.368 e. The smallest absolute Gasteiger partial charge is 0.218 e. The van der Waals surface area contributed by atoms with Crippen LogP contribution in [0.15, 0.2) is 0 Å². The molecule has 13 heavy (non-hydrogen) atoms. The number of rotatable bonds is 3. The Hall–Kier alpha value is -1.10. The molecular weight excluding hydrogens is 166 g/mol. The van der Waals surface area contributed by atoms with Gasteiger partial charge in [0.25, 0.3) is 0 Å². The summed E-state index contributed by atoms with van der Waals surface area (Å²) >= 11 is 0. The minimum atomic E-state index is -0.108. The van der Waals surface area contributed by atoms with Crippen LogP contribution in [0.4, 0.5) is 5.95 Å². The third kappa shape index (κ3) is 2.42.